The molecular formula is C22H39N3O4S. The van der Waals surface area contributed by atoms with Crippen LogP contribution in [0.3, 0.4) is 0 Å². The van der Waals surface area contributed by atoms with Crippen LogP contribution < -0.4 is 5.32 Å². The third kappa shape index (κ3) is 11.0. The molecule has 0 bridgehead atoms. The van der Waals surface area contributed by atoms with E-state index in [-0.39, 0.29) is 17.2 Å². The molecule has 1 unspecified atom stereocenters. The molecule has 0 fully saturated rings. The number of amides is 2. The molecule has 1 N–H and O–H groups in total. The minimum absolute atomic E-state index is 0.128. The first-order valence-corrected chi connectivity index (χ1v) is 11.5. The van der Waals surface area contributed by atoms with Gasteiger partial charge in [-0.3, -0.25) is 9.59 Å². The third-order valence-electron chi connectivity index (χ3n) is 4.53. The molecule has 0 aliphatic heterocycles. The summed E-state index contributed by atoms with van der Waals surface area (Å²) in [5.74, 6) is 0.250. The first-order chi connectivity index (χ1) is 14.2. The Morgan fingerprint density at radius 1 is 1.20 bits per heavy atom. The van der Waals surface area contributed by atoms with Gasteiger partial charge in [-0.1, -0.05) is 27.7 Å². The van der Waals surface area contributed by atoms with E-state index in [0.29, 0.717) is 50.9 Å². The van der Waals surface area contributed by atoms with Crippen LogP contribution in [0.25, 0.3) is 0 Å². The fraction of sp³-hybridized carbons (Fsp3) is 0.773. The van der Waals surface area contributed by atoms with Gasteiger partial charge < -0.3 is 19.7 Å². The van der Waals surface area contributed by atoms with E-state index in [0.717, 1.165) is 24.3 Å². The number of hydrogen-bond acceptors (Lipinski definition) is 6. The van der Waals surface area contributed by atoms with Crippen molar-refractivity contribution in [1.29, 1.82) is 0 Å². The van der Waals surface area contributed by atoms with Gasteiger partial charge in [-0.15, -0.1) is 11.3 Å². The van der Waals surface area contributed by atoms with Crippen LogP contribution >= 0.6 is 11.3 Å². The molecular weight excluding hydrogens is 402 g/mol. The van der Waals surface area contributed by atoms with Gasteiger partial charge >= 0.3 is 0 Å². The Bertz CT molecular complexity index is 643. The molecule has 0 saturated carbocycles. The topological polar surface area (TPSA) is 80.8 Å². The van der Waals surface area contributed by atoms with Gasteiger partial charge in [-0.25, -0.2) is 4.98 Å². The molecule has 30 heavy (non-hydrogen) atoms. The molecule has 1 heterocycles. The maximum atomic E-state index is 13.0. The lowest BCUT2D eigenvalue weighted by molar-refractivity contribution is -0.133. The molecule has 0 aliphatic rings. The minimum Gasteiger partial charge on any atom is -0.385 e. The number of carbonyl (C=O) groups is 2. The Morgan fingerprint density at radius 2 is 1.87 bits per heavy atom. The second-order valence-electron chi connectivity index (χ2n) is 8.96. The SMILES string of the molecule is COCCCNC(=O)c1csc(CN(CCCOC)C(=O)CC(C)CC(C)(C)C)n1. The summed E-state index contributed by atoms with van der Waals surface area (Å²) in [5.41, 5.74) is 0.597. The number of rotatable bonds is 14. The molecule has 8 heteroatoms. The van der Waals surface area contributed by atoms with Gasteiger partial charge in [0.15, 0.2) is 0 Å². The second kappa shape index (κ2) is 13.7. The van der Waals surface area contributed by atoms with Crippen LogP contribution in [0.4, 0.5) is 0 Å². The highest BCUT2D eigenvalue weighted by molar-refractivity contribution is 7.09. The molecule has 1 rings (SSSR count). The number of ether oxygens (including phenoxy) is 2. The van der Waals surface area contributed by atoms with Gasteiger partial charge in [0.1, 0.15) is 10.7 Å². The number of nitrogens with zero attached hydrogens (tertiary/aromatic N) is 2. The number of methoxy groups -OCH3 is 2. The van der Waals surface area contributed by atoms with Gasteiger partial charge in [0.05, 0.1) is 6.54 Å². The first-order valence-electron chi connectivity index (χ1n) is 10.6. The van der Waals surface area contributed by atoms with Crippen LogP contribution in [0.2, 0.25) is 0 Å². The average molecular weight is 442 g/mol. The van der Waals surface area contributed by atoms with Crippen molar-refractivity contribution in [3.63, 3.8) is 0 Å². The summed E-state index contributed by atoms with van der Waals surface area (Å²) in [6.07, 6.45) is 3.04. The van der Waals surface area contributed by atoms with Gasteiger partial charge in [0, 0.05) is 52.3 Å². The smallest absolute Gasteiger partial charge is 0.270 e. The lowest BCUT2D eigenvalue weighted by atomic mass is 9.84. The zero-order valence-electron chi connectivity index (χ0n) is 19.5. The summed E-state index contributed by atoms with van der Waals surface area (Å²) in [6.45, 7) is 11.5. The molecule has 2 amide bonds. The largest absolute Gasteiger partial charge is 0.385 e. The fourth-order valence-corrected chi connectivity index (χ4v) is 4.19. The van der Waals surface area contributed by atoms with E-state index >= 15 is 0 Å². The van der Waals surface area contributed by atoms with Crippen LogP contribution in [-0.4, -0.2) is 62.2 Å². The molecule has 1 atom stereocenters. The minimum atomic E-state index is -0.190. The second-order valence-corrected chi connectivity index (χ2v) is 9.91. The van der Waals surface area contributed by atoms with Crippen molar-refractivity contribution >= 4 is 23.2 Å². The molecule has 1 aromatic rings. The van der Waals surface area contributed by atoms with Crippen molar-refractivity contribution in [3.05, 3.63) is 16.1 Å². The summed E-state index contributed by atoms with van der Waals surface area (Å²) < 4.78 is 10.1. The Hall–Kier alpha value is -1.51. The van der Waals surface area contributed by atoms with Crippen LogP contribution in [0.1, 0.15) is 68.9 Å². The van der Waals surface area contributed by atoms with Crippen molar-refractivity contribution in [3.8, 4) is 0 Å². The Balaban J connectivity index is 2.69. The quantitative estimate of drug-likeness (QED) is 0.445. The Labute approximate surface area is 185 Å². The predicted octanol–water partition coefficient (Wildman–Crippen LogP) is 3.74. The highest BCUT2D eigenvalue weighted by atomic mass is 32.1. The molecule has 172 valence electrons. The molecule has 1 aromatic heterocycles. The third-order valence-corrected chi connectivity index (χ3v) is 5.37. The van der Waals surface area contributed by atoms with Crippen molar-refractivity contribution in [1.82, 2.24) is 15.2 Å². The van der Waals surface area contributed by atoms with E-state index in [1.165, 1.54) is 11.3 Å². The van der Waals surface area contributed by atoms with E-state index in [9.17, 15) is 9.59 Å². The summed E-state index contributed by atoms with van der Waals surface area (Å²) in [6, 6.07) is 0. The Kier molecular flexibility index (Phi) is 12.1. The van der Waals surface area contributed by atoms with Gasteiger partial charge in [-0.05, 0) is 30.6 Å². The monoisotopic (exact) mass is 441 g/mol. The zero-order chi connectivity index (χ0) is 22.6. The molecule has 0 saturated heterocycles. The van der Waals surface area contributed by atoms with Crippen LogP contribution in [0.15, 0.2) is 5.38 Å². The number of nitrogens with one attached hydrogen (secondary N) is 1. The van der Waals surface area contributed by atoms with Gasteiger partial charge in [0.2, 0.25) is 5.91 Å². The van der Waals surface area contributed by atoms with Gasteiger partial charge in [-0.2, -0.15) is 0 Å². The lowest BCUT2D eigenvalue weighted by Crippen LogP contribution is -2.33. The maximum absolute atomic E-state index is 13.0. The van der Waals surface area contributed by atoms with E-state index < -0.39 is 0 Å². The number of hydrogen-bond donors (Lipinski definition) is 1. The highest BCUT2D eigenvalue weighted by Crippen LogP contribution is 2.26. The van der Waals surface area contributed by atoms with Crippen LogP contribution in [0, 0.1) is 11.3 Å². The fourth-order valence-electron chi connectivity index (χ4n) is 3.40. The van der Waals surface area contributed by atoms with Crippen molar-refractivity contribution in [2.24, 2.45) is 11.3 Å². The molecule has 0 spiro atoms. The van der Waals surface area contributed by atoms with E-state index in [2.05, 4.69) is 38.0 Å². The standard InChI is InChI=1S/C22H39N3O4S/c1-17(14-22(2,3)4)13-20(26)25(10-8-12-29-6)15-19-24-18(16-30-19)21(27)23-9-7-11-28-5/h16-17H,7-15H2,1-6H3,(H,23,27). The Morgan fingerprint density at radius 3 is 2.50 bits per heavy atom. The van der Waals surface area contributed by atoms with E-state index in [4.69, 9.17) is 9.47 Å². The number of thiazole rings is 1. The van der Waals surface area contributed by atoms with Crippen molar-refractivity contribution < 1.29 is 19.1 Å². The summed E-state index contributed by atoms with van der Waals surface area (Å²) in [7, 11) is 3.30. The molecule has 0 aromatic carbocycles. The van der Waals surface area contributed by atoms with Crippen molar-refractivity contribution in [2.75, 3.05) is 40.5 Å². The summed E-state index contributed by atoms with van der Waals surface area (Å²) in [5, 5.41) is 5.36. The number of carbonyl (C=O) groups excluding carboxylic acids is 2. The zero-order valence-corrected chi connectivity index (χ0v) is 20.3. The first kappa shape index (κ1) is 26.5. The molecule has 0 radical (unpaired) electrons. The highest BCUT2D eigenvalue weighted by Gasteiger charge is 2.22. The normalized spacial score (nSPS) is 12.6. The van der Waals surface area contributed by atoms with Crippen LogP contribution in [-0.2, 0) is 20.8 Å². The summed E-state index contributed by atoms with van der Waals surface area (Å²) in [4.78, 5) is 31.5. The van der Waals surface area contributed by atoms with Crippen LogP contribution in [0.5, 0.6) is 0 Å². The van der Waals surface area contributed by atoms with E-state index in [1.807, 2.05) is 4.90 Å². The number of aromatic nitrogens is 1. The lowest BCUT2D eigenvalue weighted by Gasteiger charge is -2.26. The maximum Gasteiger partial charge on any atom is 0.270 e. The molecule has 0 aliphatic carbocycles. The summed E-state index contributed by atoms with van der Waals surface area (Å²) >= 11 is 1.41. The predicted molar refractivity (Wildman–Crippen MR) is 121 cm³/mol. The average Bonchev–Trinajstić information content (AvgIpc) is 3.11. The molecule has 7 nitrogen and oxygen atoms in total. The van der Waals surface area contributed by atoms with E-state index in [1.54, 1.807) is 19.6 Å². The van der Waals surface area contributed by atoms with Gasteiger partial charge in [0.25, 0.3) is 5.91 Å². The van der Waals surface area contributed by atoms with Crippen molar-refractivity contribution in [2.45, 2.75) is 59.9 Å².